The molecule has 4 aliphatic heterocycles. The molecule has 19 amide bonds. The highest BCUT2D eigenvalue weighted by Crippen LogP contribution is 2.26. The molecule has 4 fully saturated rings. The van der Waals surface area contributed by atoms with Gasteiger partial charge in [0.1, 0.15) is 96.7 Å². The maximum atomic E-state index is 15.9. The lowest BCUT2D eigenvalue weighted by Crippen LogP contribution is -2.63. The fraction of sp³-hybridized carbons (Fsp3) is 0.682. The fourth-order valence-corrected chi connectivity index (χ4v) is 19.3. The number of aromatic nitrogens is 1. The molecule has 136 heavy (non-hydrogen) atoms. The van der Waals surface area contributed by atoms with Crippen LogP contribution in [0, 0.1) is 29.6 Å². The number of unbranched alkanes of at least 4 members (excludes halogenated alkanes) is 4. The third-order valence-electron chi connectivity index (χ3n) is 23.3. The molecule has 0 radical (unpaired) electrons. The van der Waals surface area contributed by atoms with Gasteiger partial charge in [0.05, 0.1) is 25.7 Å². The maximum absolute atomic E-state index is 15.9. The summed E-state index contributed by atoms with van der Waals surface area (Å²) < 4.78 is 0. The number of H-pyrrole nitrogens is 1. The van der Waals surface area contributed by atoms with Gasteiger partial charge in [0, 0.05) is 81.0 Å². The summed E-state index contributed by atoms with van der Waals surface area (Å²) in [5, 5.41) is 67.3. The Morgan fingerprint density at radius 3 is 1.57 bits per heavy atom. The van der Waals surface area contributed by atoms with E-state index in [2.05, 4.69) is 106 Å². The van der Waals surface area contributed by atoms with Crippen molar-refractivity contribution >= 4 is 176 Å². The number of aliphatic carboxylic acids is 1. The van der Waals surface area contributed by atoms with Crippen molar-refractivity contribution in [1.82, 2.24) is 106 Å². The van der Waals surface area contributed by atoms with Gasteiger partial charge in [-0.1, -0.05) is 134 Å². The van der Waals surface area contributed by atoms with E-state index in [0.717, 1.165) is 54.5 Å². The zero-order chi connectivity index (χ0) is 101. The van der Waals surface area contributed by atoms with Crippen molar-refractivity contribution in [2.75, 3.05) is 61.6 Å². The second kappa shape index (κ2) is 56.3. The van der Waals surface area contributed by atoms with Gasteiger partial charge in [-0.05, 0) is 86.8 Å². The summed E-state index contributed by atoms with van der Waals surface area (Å²) in [6, 6.07) is -21.5. The lowest BCUT2D eigenvalue weighted by atomic mass is 9.96. The van der Waals surface area contributed by atoms with Crippen LogP contribution in [0.1, 0.15) is 167 Å². The number of rotatable bonds is 24. The Balaban J connectivity index is 1.61. The number of carbonyl (C=O) groups excluding carboxylic acids is 19. The summed E-state index contributed by atoms with van der Waals surface area (Å²) in [4.78, 5) is 300. The summed E-state index contributed by atoms with van der Waals surface area (Å²) in [6.07, 6.45) is 3.34. The largest absolute Gasteiger partial charge is 0.481 e. The number of carbonyl (C=O) groups is 20. The first-order valence-corrected chi connectivity index (χ1v) is 50.5. The second-order valence-corrected chi connectivity index (χ2v) is 41.5. The number of nitrogens with one attached hydrogen (secondary N) is 20. The van der Waals surface area contributed by atoms with Crippen molar-refractivity contribution < 1.29 is 106 Å². The zero-order valence-corrected chi connectivity index (χ0v) is 82.8. The van der Waals surface area contributed by atoms with Gasteiger partial charge in [0.2, 0.25) is 112 Å². The van der Waals surface area contributed by atoms with Crippen LogP contribution >= 0.6 is 47.0 Å². The number of fused-ring (bicyclic) bond motifs is 19. The molecule has 2 aromatic rings. The van der Waals surface area contributed by atoms with Crippen LogP contribution in [0.3, 0.4) is 0 Å². The Morgan fingerprint density at radius 1 is 0.463 bits per heavy atom. The van der Waals surface area contributed by atoms with Gasteiger partial charge in [0.25, 0.3) is 0 Å². The van der Waals surface area contributed by atoms with Crippen LogP contribution in [-0.2, 0) is 102 Å². The van der Waals surface area contributed by atoms with Gasteiger partial charge in [-0.3, -0.25) is 95.9 Å². The molecule has 0 spiro atoms. The van der Waals surface area contributed by atoms with E-state index in [1.54, 1.807) is 99.7 Å². The van der Waals surface area contributed by atoms with E-state index >= 15 is 52.7 Å². The van der Waals surface area contributed by atoms with Crippen LogP contribution in [0.2, 0.25) is 0 Å². The fourth-order valence-electron chi connectivity index (χ4n) is 15.0. The molecule has 1 aromatic carbocycles. The number of para-hydroxylation sites is 1. The average Bonchev–Trinajstić information content (AvgIpc) is 1.72. The quantitative estimate of drug-likeness (QED) is 0.0348. The number of carboxylic acid groups (broad SMARTS) is 1. The number of hydrogen-bond donors (Lipinski definition) is 24. The van der Waals surface area contributed by atoms with Crippen LogP contribution in [0.5, 0.6) is 0 Å². The molecule has 1 unspecified atom stereocenters. The summed E-state index contributed by atoms with van der Waals surface area (Å²) in [5.74, 6) is -26.9. The number of amides is 19. The van der Waals surface area contributed by atoms with Gasteiger partial charge in [-0.2, -0.15) is 47.0 Å². The summed E-state index contributed by atoms with van der Waals surface area (Å²) in [7, 11) is 0. The van der Waals surface area contributed by atoms with Crippen LogP contribution in [0.15, 0.2) is 30.5 Å². The SMILES string of the molecule is CCC(C)[C@@H]1NC(=O)[C@@H]2NC(=O)[C@H](CC(C)C)NC(=O)[C@H](NC(=O)[C@H]3CSC[C@H](N)C(=O)N[C@@H](CO)C(=O)NCC(=O)N[C@@H](Cc4c[nH]c5ccccc45)C(=O)N[C@@H](C(C)C)C(=O)N3)[C@H](C)SC[C@H](NC(=O)[C@H](CCC(=O)O)NC1=O)C(=O)NCC(=O)N[C@@H]1C(=O)N[C@@H](CC(C)C)C(=O)N[C@@H](C(C)C)C(=O)N[C@@H](CS[C@H]2C)C(=O)N[C@@H](C)C(=O)N[C@H](C(=O)NCCCCCCCN)CS[C@H]1C. The first-order valence-electron chi connectivity index (χ1n) is 46.2. The molecule has 4 bridgehead atoms. The first kappa shape index (κ1) is 114. The number of thioether (sulfide) groups is 4. The van der Waals surface area contributed by atoms with E-state index in [1.165, 1.54) is 27.7 Å². The summed E-state index contributed by atoms with van der Waals surface area (Å²) >= 11 is 3.16. The molecule has 5 heterocycles. The minimum atomic E-state index is -1.96. The topological polar surface area (TPSA) is 678 Å². The third kappa shape index (κ3) is 36.1. The Hall–Kier alpha value is -10.6. The highest BCUT2D eigenvalue weighted by molar-refractivity contribution is 8.00. The Labute approximate surface area is 808 Å². The number of carboxylic acids is 1. The smallest absolute Gasteiger partial charge is 0.303 e. The van der Waals surface area contributed by atoms with Crippen molar-refractivity contribution in [3.63, 3.8) is 0 Å². The molecule has 44 nitrogen and oxygen atoms in total. The van der Waals surface area contributed by atoms with Gasteiger partial charge in [0.15, 0.2) is 0 Å². The van der Waals surface area contributed by atoms with E-state index < -0.39 is 316 Å². The summed E-state index contributed by atoms with van der Waals surface area (Å²) in [6.45, 7) is 19.7. The molecular weight excluding hydrogens is 1850 g/mol. The normalized spacial score (nSPS) is 28.7. The van der Waals surface area contributed by atoms with E-state index in [9.17, 15) is 53.4 Å². The van der Waals surface area contributed by atoms with Gasteiger partial charge < -0.3 is 128 Å². The lowest BCUT2D eigenvalue weighted by Gasteiger charge is -2.32. The van der Waals surface area contributed by atoms with Crippen molar-refractivity contribution in [2.24, 2.45) is 41.1 Å². The molecular formula is C88H140N22O22S4. The molecule has 26 N–H and O–H groups in total. The van der Waals surface area contributed by atoms with Crippen LogP contribution in [0.4, 0.5) is 0 Å². The zero-order valence-electron chi connectivity index (χ0n) is 79.5. The van der Waals surface area contributed by atoms with Crippen LogP contribution < -0.4 is 112 Å². The highest BCUT2D eigenvalue weighted by Gasteiger charge is 2.44. The van der Waals surface area contributed by atoms with Gasteiger partial charge >= 0.3 is 5.97 Å². The predicted molar refractivity (Wildman–Crippen MR) is 513 cm³/mol. The Morgan fingerprint density at radius 2 is 0.956 bits per heavy atom. The van der Waals surface area contributed by atoms with Crippen molar-refractivity contribution in [1.29, 1.82) is 0 Å². The van der Waals surface area contributed by atoms with E-state index in [1.807, 2.05) is 0 Å². The summed E-state index contributed by atoms with van der Waals surface area (Å²) in [5.41, 5.74) is 13.3. The maximum Gasteiger partial charge on any atom is 0.303 e. The number of benzene rings is 1. The Kier molecular flexibility index (Phi) is 47.3. The Bertz CT molecular complexity index is 4530. The molecule has 48 heteroatoms. The van der Waals surface area contributed by atoms with E-state index in [0.29, 0.717) is 47.6 Å². The number of aromatic amines is 1. The highest BCUT2D eigenvalue weighted by atomic mass is 32.2. The monoisotopic (exact) mass is 1980 g/mol. The number of nitrogens with two attached hydrogens (primary N) is 2. The average molecular weight is 1990 g/mol. The van der Waals surface area contributed by atoms with Crippen molar-refractivity contribution in [3.05, 3.63) is 36.0 Å². The van der Waals surface area contributed by atoms with E-state index in [-0.39, 0.29) is 43.9 Å². The van der Waals surface area contributed by atoms with Gasteiger partial charge in [-0.15, -0.1) is 0 Å². The molecule has 758 valence electrons. The number of aliphatic hydroxyl groups excluding tert-OH is 1. The van der Waals surface area contributed by atoms with Crippen molar-refractivity contribution in [2.45, 2.75) is 286 Å². The molecule has 4 saturated heterocycles. The third-order valence-corrected chi connectivity index (χ3v) is 28.4. The second-order valence-electron chi connectivity index (χ2n) is 36.2. The van der Waals surface area contributed by atoms with Crippen LogP contribution in [0.25, 0.3) is 10.9 Å². The number of hydrogen-bond acceptors (Lipinski definition) is 27. The molecule has 6 rings (SSSR count). The van der Waals surface area contributed by atoms with Gasteiger partial charge in [-0.25, -0.2) is 0 Å². The van der Waals surface area contributed by atoms with E-state index in [4.69, 9.17) is 11.5 Å². The molecule has 4 aliphatic rings. The van der Waals surface area contributed by atoms with Crippen molar-refractivity contribution in [3.8, 4) is 0 Å². The molecule has 21 atom stereocenters. The molecule has 1 aromatic heterocycles. The lowest BCUT2D eigenvalue weighted by molar-refractivity contribution is -0.139. The predicted octanol–water partition coefficient (Wildman–Crippen LogP) is -4.47. The molecule has 0 aliphatic carbocycles. The van der Waals surface area contributed by atoms with Crippen LogP contribution in [-0.4, -0.2) is 313 Å². The first-order chi connectivity index (χ1) is 64.2. The minimum Gasteiger partial charge on any atom is -0.481 e. The minimum absolute atomic E-state index is 0.0837. The standard InChI is InChI=1S/C88H140N22O22S4/c1-15-45(10)68-85(129)97-54(25-26-65(114)115)77(121)102-61-39-135-48(13)70(110-82(126)59-37-133-36-52(90)73(117)100-58(35-111)74(118)93-33-63(112)96-57(80(124)107-66(43(6)7)83(127)103-59)31-50-32-92-53-24-20-19-23-51(50)53)87(131)99-56(30-42(4)5)79(123)109-71(88(132)108-68)49(14)136-40-62-81(125)95-46(11)72(116)101-60(75(119)91-28-22-18-16-17-21-27-89)38-134-47(12)69(105-64(113)34-94-76(61)120)86(130)98-55(29-41(2)3)78(122)106-67(44(8)9)84(128)104-62/h19-20,23-24,32,41-49,52,54-62,66-71,92,111H,15-18,21-22,25-31,33-40,89-90H2,1-14H3,(H,91,119)(H,93,118)(H,94,120)(H,95,125)(H,96,112)(H,97,129)(H,98,130)(H,99,131)(H,100,117)(H,101,116)(H,102,121)(H,103,127)(H,104,128)(H,105,113)(H,106,122)(H,107,124)(H,108,132)(H,109,123)(H,110,126)(H,114,115)/t45?,46-,47-,48-,49-,52-,54-,55-,56-,57-,58-,59+,60-,61-,62-,66-,67-,68-,69-,70+,71+/m0/s1. The molecule has 0 saturated carbocycles. The number of aliphatic hydroxyl groups is 1.